The van der Waals surface area contributed by atoms with E-state index in [1.165, 1.54) is 25.7 Å². The minimum absolute atomic E-state index is 0.229. The van der Waals surface area contributed by atoms with Crippen molar-refractivity contribution < 1.29 is 14.3 Å². The smallest absolute Gasteiger partial charge is 0.331 e. The molecule has 3 aliphatic carbocycles. The highest BCUT2D eigenvalue weighted by molar-refractivity contribution is 5.87. The number of carbonyl (C=O) groups excluding carboxylic acids is 1. The fourth-order valence-electron chi connectivity index (χ4n) is 7.15. The lowest BCUT2D eigenvalue weighted by molar-refractivity contribution is -0.167. The topological polar surface area (TPSA) is 35.5 Å². The normalized spacial score (nSPS) is 38.4. The maximum absolute atomic E-state index is 12.7. The summed E-state index contributed by atoms with van der Waals surface area (Å²) in [4.78, 5) is 12.7. The van der Waals surface area contributed by atoms with Gasteiger partial charge in [-0.25, -0.2) is 4.79 Å². The molecule has 1 aromatic rings. The van der Waals surface area contributed by atoms with Gasteiger partial charge in [0.1, 0.15) is 11.4 Å². The second-order valence-electron chi connectivity index (χ2n) is 10.2. The summed E-state index contributed by atoms with van der Waals surface area (Å²) in [7, 11) is 1.65. The van der Waals surface area contributed by atoms with Crippen LogP contribution < -0.4 is 4.74 Å². The van der Waals surface area contributed by atoms with Crippen molar-refractivity contribution in [1.82, 2.24) is 0 Å². The van der Waals surface area contributed by atoms with Crippen LogP contribution in [0.2, 0.25) is 0 Å². The Bertz CT molecular complexity index is 795. The van der Waals surface area contributed by atoms with Gasteiger partial charge in [0, 0.05) is 12.0 Å². The van der Waals surface area contributed by atoms with E-state index in [1.54, 1.807) is 13.2 Å². The van der Waals surface area contributed by atoms with Gasteiger partial charge in [-0.05, 0) is 85.5 Å². The molecule has 3 nitrogen and oxygen atoms in total. The van der Waals surface area contributed by atoms with Gasteiger partial charge in [0.2, 0.25) is 0 Å². The number of carbonyl (C=O) groups is 1. The summed E-state index contributed by atoms with van der Waals surface area (Å²) >= 11 is 0. The average molecular weight is 383 g/mol. The predicted molar refractivity (Wildman–Crippen MR) is 112 cm³/mol. The van der Waals surface area contributed by atoms with Crippen LogP contribution in [0.1, 0.15) is 65.4 Å². The molecule has 0 radical (unpaired) electrons. The Morgan fingerprint density at radius 2 is 1.93 bits per heavy atom. The monoisotopic (exact) mass is 382 g/mol. The number of fused-ring (bicyclic) bond motifs is 1. The van der Waals surface area contributed by atoms with Crippen LogP contribution in [-0.2, 0) is 9.53 Å². The van der Waals surface area contributed by atoms with E-state index in [-0.39, 0.29) is 17.0 Å². The first kappa shape index (κ1) is 19.5. The first-order valence-corrected chi connectivity index (χ1v) is 10.8. The maximum Gasteiger partial charge on any atom is 0.331 e. The van der Waals surface area contributed by atoms with E-state index >= 15 is 0 Å². The Morgan fingerprint density at radius 3 is 2.68 bits per heavy atom. The summed E-state index contributed by atoms with van der Waals surface area (Å²) in [6.45, 7) is 9.47. The first-order chi connectivity index (χ1) is 13.2. The number of esters is 1. The fraction of sp³-hybridized carbons (Fsp3) is 0.640. The molecule has 2 bridgehead atoms. The second kappa shape index (κ2) is 6.64. The molecule has 3 aliphatic rings. The Kier molecular flexibility index (Phi) is 4.63. The zero-order valence-corrected chi connectivity index (χ0v) is 18.0. The van der Waals surface area contributed by atoms with Crippen molar-refractivity contribution in [3.63, 3.8) is 0 Å². The molecule has 3 fully saturated rings. The van der Waals surface area contributed by atoms with Crippen molar-refractivity contribution >= 4 is 12.0 Å². The first-order valence-electron chi connectivity index (χ1n) is 10.8. The van der Waals surface area contributed by atoms with Gasteiger partial charge in [-0.15, -0.1) is 0 Å². The van der Waals surface area contributed by atoms with Crippen LogP contribution in [0.5, 0.6) is 5.75 Å². The van der Waals surface area contributed by atoms with Gasteiger partial charge in [0.25, 0.3) is 0 Å². The van der Waals surface area contributed by atoms with E-state index in [0.29, 0.717) is 11.3 Å². The number of benzene rings is 1. The molecule has 5 atom stereocenters. The summed E-state index contributed by atoms with van der Waals surface area (Å²) in [6.07, 6.45) is 9.48. The summed E-state index contributed by atoms with van der Waals surface area (Å²) in [5, 5.41) is 0. The lowest BCUT2D eigenvalue weighted by atomic mass is 9.64. The highest BCUT2D eigenvalue weighted by Crippen LogP contribution is 2.73. The molecule has 0 N–H and O–H groups in total. The summed E-state index contributed by atoms with van der Waals surface area (Å²) < 4.78 is 11.4. The lowest BCUT2D eigenvalue weighted by Gasteiger charge is -2.46. The van der Waals surface area contributed by atoms with E-state index in [9.17, 15) is 4.79 Å². The van der Waals surface area contributed by atoms with Crippen LogP contribution in [0.4, 0.5) is 0 Å². The SMILES string of the molecule is COc1cccc(/C=C/C(=O)O[C@]2(C)CC[C@@]34C[C@@H]2C(C)(C)[C@@H]3CC[C@H]4C)c1. The molecule has 3 heteroatoms. The molecule has 0 saturated heterocycles. The number of rotatable bonds is 4. The lowest BCUT2D eigenvalue weighted by Crippen LogP contribution is -2.47. The standard InChI is InChI=1S/C25H34O3/c1-17-9-11-20-23(2,3)21-16-25(17,20)14-13-24(21,4)28-22(26)12-10-18-7-6-8-19(15-18)27-5/h6-8,10,12,15,17,20-21H,9,11,13-14,16H2,1-5H3/b12-10+/t17-,20+,21-,24-,25+/m1/s1. The molecule has 1 spiro atoms. The van der Waals surface area contributed by atoms with Gasteiger partial charge >= 0.3 is 5.97 Å². The molecule has 0 unspecified atom stereocenters. The summed E-state index contributed by atoms with van der Waals surface area (Å²) in [5.74, 6) is 2.56. The number of methoxy groups -OCH3 is 1. The number of hydrogen-bond acceptors (Lipinski definition) is 3. The Morgan fingerprint density at radius 1 is 1.14 bits per heavy atom. The largest absolute Gasteiger partial charge is 0.497 e. The van der Waals surface area contributed by atoms with Crippen LogP contribution in [0.25, 0.3) is 6.08 Å². The highest BCUT2D eigenvalue weighted by atomic mass is 16.6. The third-order valence-corrected chi connectivity index (χ3v) is 8.61. The van der Waals surface area contributed by atoms with Crippen molar-refractivity contribution in [2.45, 2.75) is 65.4 Å². The van der Waals surface area contributed by atoms with E-state index < -0.39 is 0 Å². The minimum Gasteiger partial charge on any atom is -0.497 e. The van der Waals surface area contributed by atoms with Gasteiger partial charge < -0.3 is 9.47 Å². The molecule has 28 heavy (non-hydrogen) atoms. The third kappa shape index (κ3) is 2.89. The van der Waals surface area contributed by atoms with Gasteiger partial charge in [0.05, 0.1) is 7.11 Å². The quantitative estimate of drug-likeness (QED) is 0.482. The molecule has 152 valence electrons. The second-order valence-corrected chi connectivity index (χ2v) is 10.2. The zero-order valence-electron chi connectivity index (χ0n) is 18.0. The van der Waals surface area contributed by atoms with Crippen molar-refractivity contribution in [3.8, 4) is 5.75 Å². The van der Waals surface area contributed by atoms with Crippen LogP contribution in [0.15, 0.2) is 30.3 Å². The molecule has 0 heterocycles. The molecular weight excluding hydrogens is 348 g/mol. The van der Waals surface area contributed by atoms with Gasteiger partial charge in [-0.2, -0.15) is 0 Å². The van der Waals surface area contributed by atoms with Gasteiger partial charge in [-0.3, -0.25) is 0 Å². The Labute approximate surface area is 169 Å². The molecule has 0 aromatic heterocycles. The van der Waals surface area contributed by atoms with Crippen molar-refractivity contribution in [2.24, 2.45) is 28.6 Å². The molecule has 4 rings (SSSR count). The minimum atomic E-state index is -0.366. The molecular formula is C25H34O3. The van der Waals surface area contributed by atoms with Gasteiger partial charge in [0.15, 0.2) is 0 Å². The molecule has 3 saturated carbocycles. The van der Waals surface area contributed by atoms with E-state index in [4.69, 9.17) is 9.47 Å². The number of ether oxygens (including phenoxy) is 2. The number of hydrogen-bond donors (Lipinski definition) is 0. The van der Waals surface area contributed by atoms with Crippen molar-refractivity contribution in [1.29, 1.82) is 0 Å². The average Bonchev–Trinajstić information content (AvgIpc) is 3.09. The van der Waals surface area contributed by atoms with E-state index in [2.05, 4.69) is 27.7 Å². The summed E-state index contributed by atoms with van der Waals surface area (Å²) in [5.41, 5.74) is 1.28. The highest BCUT2D eigenvalue weighted by Gasteiger charge is 2.68. The van der Waals surface area contributed by atoms with Gasteiger partial charge in [-0.1, -0.05) is 32.9 Å². The molecule has 0 amide bonds. The van der Waals surface area contributed by atoms with E-state index in [1.807, 2.05) is 30.3 Å². The van der Waals surface area contributed by atoms with Crippen LogP contribution >= 0.6 is 0 Å². The zero-order chi connectivity index (χ0) is 20.2. The van der Waals surface area contributed by atoms with Crippen LogP contribution in [-0.4, -0.2) is 18.7 Å². The molecule has 1 aromatic carbocycles. The van der Waals surface area contributed by atoms with Crippen molar-refractivity contribution in [2.75, 3.05) is 7.11 Å². The third-order valence-electron chi connectivity index (χ3n) is 8.61. The van der Waals surface area contributed by atoms with Crippen LogP contribution in [0, 0.1) is 28.6 Å². The molecule has 0 aliphatic heterocycles. The maximum atomic E-state index is 12.7. The Hall–Kier alpha value is -1.77. The fourth-order valence-corrected chi connectivity index (χ4v) is 7.15. The van der Waals surface area contributed by atoms with Crippen molar-refractivity contribution in [3.05, 3.63) is 35.9 Å². The van der Waals surface area contributed by atoms with E-state index in [0.717, 1.165) is 29.6 Å². The summed E-state index contributed by atoms with van der Waals surface area (Å²) in [6, 6.07) is 7.70. The van der Waals surface area contributed by atoms with Crippen LogP contribution in [0.3, 0.4) is 0 Å². The Balaban J connectivity index is 1.50. The predicted octanol–water partition coefficient (Wildman–Crippen LogP) is 5.88.